The van der Waals surface area contributed by atoms with E-state index in [-0.39, 0.29) is 17.3 Å². The summed E-state index contributed by atoms with van der Waals surface area (Å²) in [6.07, 6.45) is 0.330. The minimum Gasteiger partial charge on any atom is -0.350 e. The van der Waals surface area contributed by atoms with Crippen LogP contribution in [0.2, 0.25) is 10.0 Å². The third kappa shape index (κ3) is 8.21. The van der Waals surface area contributed by atoms with Gasteiger partial charge in [-0.2, -0.15) is 0 Å². The summed E-state index contributed by atoms with van der Waals surface area (Å²) in [4.78, 5) is 28.7. The normalized spacial score (nSPS) is 12.5. The fourth-order valence-corrected chi connectivity index (χ4v) is 5.68. The number of hydrogen-bond donors (Lipinski definition) is 1. The van der Waals surface area contributed by atoms with Gasteiger partial charge in [-0.15, -0.1) is 0 Å². The third-order valence-electron chi connectivity index (χ3n) is 5.87. The molecular formula is C29H33Cl2N3O4S. The fraction of sp³-hybridized carbons (Fsp3) is 0.310. The Morgan fingerprint density at radius 3 is 1.92 bits per heavy atom. The predicted molar refractivity (Wildman–Crippen MR) is 156 cm³/mol. The first-order valence-electron chi connectivity index (χ1n) is 12.5. The van der Waals surface area contributed by atoms with E-state index in [0.717, 1.165) is 9.87 Å². The Kier molecular flexibility index (Phi) is 10.0. The molecule has 0 aliphatic heterocycles. The maximum atomic E-state index is 14.0. The largest absolute Gasteiger partial charge is 0.350 e. The smallest absolute Gasteiger partial charge is 0.264 e. The summed E-state index contributed by atoms with van der Waals surface area (Å²) < 4.78 is 28.6. The van der Waals surface area contributed by atoms with Gasteiger partial charge in [-0.05, 0) is 81.3 Å². The predicted octanol–water partition coefficient (Wildman–Crippen LogP) is 5.91. The van der Waals surface area contributed by atoms with Gasteiger partial charge in [0.05, 0.1) is 10.6 Å². The second-order valence-electron chi connectivity index (χ2n) is 10.1. The van der Waals surface area contributed by atoms with Crippen molar-refractivity contribution in [3.05, 3.63) is 94.5 Å². The molecule has 0 fully saturated rings. The standard InChI is InChI=1S/C29H33Cl2N3O4S/c1-5-26(28(36)32-29(2,3)4)33(19-21-11-13-22(30)14-12-21)27(35)20-34(24-9-7-6-8-10-24)39(37,38)25-17-15-23(31)16-18-25/h6-18,26H,5,19-20H2,1-4H3,(H,32,36)/t26-/m1/s1. The molecule has 39 heavy (non-hydrogen) atoms. The lowest BCUT2D eigenvalue weighted by molar-refractivity contribution is -0.141. The molecule has 0 saturated heterocycles. The van der Waals surface area contributed by atoms with E-state index in [9.17, 15) is 18.0 Å². The number of rotatable bonds is 10. The Balaban J connectivity index is 2.04. The van der Waals surface area contributed by atoms with Crippen LogP contribution in [-0.4, -0.2) is 43.3 Å². The number of benzene rings is 3. The molecule has 10 heteroatoms. The first kappa shape index (κ1) is 30.5. The van der Waals surface area contributed by atoms with E-state index in [1.54, 1.807) is 54.6 Å². The molecule has 0 bridgehead atoms. The van der Waals surface area contributed by atoms with Gasteiger partial charge in [-0.3, -0.25) is 13.9 Å². The Bertz CT molecular complexity index is 1370. The maximum absolute atomic E-state index is 14.0. The van der Waals surface area contributed by atoms with Crippen LogP contribution in [0.25, 0.3) is 0 Å². The van der Waals surface area contributed by atoms with Crippen molar-refractivity contribution in [1.29, 1.82) is 0 Å². The highest BCUT2D eigenvalue weighted by molar-refractivity contribution is 7.92. The van der Waals surface area contributed by atoms with Crippen LogP contribution in [0.5, 0.6) is 0 Å². The molecule has 0 saturated carbocycles. The van der Waals surface area contributed by atoms with Gasteiger partial charge in [-0.1, -0.05) is 60.5 Å². The molecule has 0 unspecified atom stereocenters. The van der Waals surface area contributed by atoms with Crippen LogP contribution < -0.4 is 9.62 Å². The van der Waals surface area contributed by atoms with Crippen molar-refractivity contribution in [3.8, 4) is 0 Å². The molecule has 0 spiro atoms. The zero-order valence-electron chi connectivity index (χ0n) is 22.4. The molecule has 7 nitrogen and oxygen atoms in total. The second-order valence-corrected chi connectivity index (χ2v) is 12.8. The van der Waals surface area contributed by atoms with Crippen molar-refractivity contribution in [2.24, 2.45) is 0 Å². The molecule has 3 aromatic carbocycles. The zero-order valence-corrected chi connectivity index (χ0v) is 24.7. The highest BCUT2D eigenvalue weighted by Gasteiger charge is 2.34. The van der Waals surface area contributed by atoms with Gasteiger partial charge < -0.3 is 10.2 Å². The number of carbonyl (C=O) groups is 2. The number of carbonyl (C=O) groups excluding carboxylic acids is 2. The summed E-state index contributed by atoms with van der Waals surface area (Å²) in [5.41, 5.74) is 0.550. The van der Waals surface area contributed by atoms with Gasteiger partial charge in [0.25, 0.3) is 10.0 Å². The SMILES string of the molecule is CC[C@H](C(=O)NC(C)(C)C)N(Cc1ccc(Cl)cc1)C(=O)CN(c1ccccc1)S(=O)(=O)c1ccc(Cl)cc1. The summed E-state index contributed by atoms with van der Waals surface area (Å²) in [5, 5.41) is 3.88. The first-order chi connectivity index (χ1) is 18.3. The Labute approximate surface area is 240 Å². The van der Waals surface area contributed by atoms with Crippen LogP contribution in [0, 0.1) is 0 Å². The lowest BCUT2D eigenvalue weighted by Gasteiger charge is -2.34. The average molecular weight is 591 g/mol. The Morgan fingerprint density at radius 2 is 1.41 bits per heavy atom. The van der Waals surface area contributed by atoms with E-state index < -0.39 is 34.1 Å². The van der Waals surface area contributed by atoms with Gasteiger partial charge in [0.2, 0.25) is 11.8 Å². The van der Waals surface area contributed by atoms with Crippen molar-refractivity contribution in [2.75, 3.05) is 10.8 Å². The van der Waals surface area contributed by atoms with E-state index >= 15 is 0 Å². The number of nitrogens with one attached hydrogen (secondary N) is 1. The van der Waals surface area contributed by atoms with E-state index in [0.29, 0.717) is 22.2 Å². The number of anilines is 1. The van der Waals surface area contributed by atoms with E-state index in [1.807, 2.05) is 27.7 Å². The van der Waals surface area contributed by atoms with Gasteiger partial charge in [0.1, 0.15) is 12.6 Å². The third-order valence-corrected chi connectivity index (χ3v) is 8.17. The number of amides is 2. The van der Waals surface area contributed by atoms with Crippen molar-refractivity contribution in [3.63, 3.8) is 0 Å². The molecule has 0 radical (unpaired) electrons. The highest BCUT2D eigenvalue weighted by atomic mass is 35.5. The molecule has 3 aromatic rings. The number of sulfonamides is 1. The van der Waals surface area contributed by atoms with Crippen LogP contribution in [0.15, 0.2) is 83.8 Å². The van der Waals surface area contributed by atoms with E-state index in [4.69, 9.17) is 23.2 Å². The van der Waals surface area contributed by atoms with Crippen LogP contribution in [0.4, 0.5) is 5.69 Å². The molecule has 0 heterocycles. The summed E-state index contributed by atoms with van der Waals surface area (Å²) in [6.45, 7) is 6.97. The molecule has 3 rings (SSSR count). The van der Waals surface area contributed by atoms with Crippen LogP contribution in [0.1, 0.15) is 39.7 Å². The summed E-state index contributed by atoms with van der Waals surface area (Å²) in [6, 6.07) is 20.3. The molecule has 0 aliphatic rings. The summed E-state index contributed by atoms with van der Waals surface area (Å²) in [5.74, 6) is -0.846. The molecule has 1 N–H and O–H groups in total. The molecule has 0 aromatic heterocycles. The van der Waals surface area contributed by atoms with E-state index in [1.165, 1.54) is 29.2 Å². The van der Waals surface area contributed by atoms with Gasteiger partial charge >= 0.3 is 0 Å². The van der Waals surface area contributed by atoms with Crippen LogP contribution in [-0.2, 0) is 26.2 Å². The molecule has 1 atom stereocenters. The molecular weight excluding hydrogens is 557 g/mol. The van der Waals surface area contributed by atoms with E-state index in [2.05, 4.69) is 5.32 Å². The lowest BCUT2D eigenvalue weighted by atomic mass is 10.1. The molecule has 0 aliphatic carbocycles. The van der Waals surface area contributed by atoms with Gasteiger partial charge in [-0.25, -0.2) is 8.42 Å². The lowest BCUT2D eigenvalue weighted by Crippen LogP contribution is -2.55. The van der Waals surface area contributed by atoms with Gasteiger partial charge in [0.15, 0.2) is 0 Å². The monoisotopic (exact) mass is 589 g/mol. The maximum Gasteiger partial charge on any atom is 0.264 e. The number of para-hydroxylation sites is 1. The number of nitrogens with zero attached hydrogens (tertiary/aromatic N) is 2. The van der Waals surface area contributed by atoms with Crippen molar-refractivity contribution in [2.45, 2.75) is 57.1 Å². The van der Waals surface area contributed by atoms with Crippen LogP contribution >= 0.6 is 23.2 Å². The average Bonchev–Trinajstić information content (AvgIpc) is 2.87. The van der Waals surface area contributed by atoms with Gasteiger partial charge in [0, 0.05) is 22.1 Å². The number of halogens is 2. The fourth-order valence-electron chi connectivity index (χ4n) is 4.02. The highest BCUT2D eigenvalue weighted by Crippen LogP contribution is 2.26. The van der Waals surface area contributed by atoms with Crippen LogP contribution in [0.3, 0.4) is 0 Å². The quantitative estimate of drug-likeness (QED) is 0.318. The van der Waals surface area contributed by atoms with Crippen molar-refractivity contribution < 1.29 is 18.0 Å². The Morgan fingerprint density at radius 1 is 0.872 bits per heavy atom. The molecule has 2 amide bonds. The summed E-state index contributed by atoms with van der Waals surface area (Å²) in [7, 11) is -4.15. The second kappa shape index (κ2) is 12.9. The minimum absolute atomic E-state index is 0.00896. The van der Waals surface area contributed by atoms with Crippen molar-refractivity contribution >= 4 is 50.7 Å². The minimum atomic E-state index is -4.15. The Hall–Kier alpha value is -3.07. The number of hydrogen-bond acceptors (Lipinski definition) is 4. The summed E-state index contributed by atoms with van der Waals surface area (Å²) >= 11 is 12.0. The molecule has 208 valence electrons. The van der Waals surface area contributed by atoms with Crippen molar-refractivity contribution in [1.82, 2.24) is 10.2 Å². The topological polar surface area (TPSA) is 86.8 Å². The first-order valence-corrected chi connectivity index (χ1v) is 14.7. The zero-order chi connectivity index (χ0) is 28.8.